The van der Waals surface area contributed by atoms with Crippen LogP contribution in [0.15, 0.2) is 54.1 Å². The van der Waals surface area contributed by atoms with Crippen molar-refractivity contribution < 1.29 is 9.53 Å². The van der Waals surface area contributed by atoms with Crippen molar-refractivity contribution in [2.45, 2.75) is 70.8 Å². The minimum absolute atomic E-state index is 0.0451. The lowest BCUT2D eigenvalue weighted by molar-refractivity contribution is -0.176. The Hall–Kier alpha value is -2.92. The van der Waals surface area contributed by atoms with Crippen molar-refractivity contribution in [2.24, 2.45) is 17.8 Å². The molecule has 1 saturated carbocycles. The van der Waals surface area contributed by atoms with Crippen LogP contribution in [0.5, 0.6) is 0 Å². The van der Waals surface area contributed by atoms with E-state index in [0.717, 1.165) is 68.5 Å². The molecule has 4 aliphatic rings. The van der Waals surface area contributed by atoms with E-state index in [0.29, 0.717) is 11.8 Å². The van der Waals surface area contributed by atoms with E-state index in [2.05, 4.69) is 53.3 Å². The van der Waals surface area contributed by atoms with E-state index in [9.17, 15) is 4.79 Å². The van der Waals surface area contributed by atoms with E-state index in [4.69, 9.17) is 9.72 Å². The molecular weight excluding hydrogens is 470 g/mol. The number of fused-ring (bicyclic) bond motifs is 4. The van der Waals surface area contributed by atoms with Gasteiger partial charge in [0.15, 0.2) is 0 Å². The van der Waals surface area contributed by atoms with Crippen LogP contribution in [0, 0.1) is 17.8 Å². The van der Waals surface area contributed by atoms with Gasteiger partial charge in [-0.3, -0.25) is 4.79 Å². The van der Waals surface area contributed by atoms with Crippen molar-refractivity contribution in [3.63, 3.8) is 0 Å². The maximum Gasteiger partial charge on any atom is 0.308 e. The Labute approximate surface area is 226 Å². The fourth-order valence-electron chi connectivity index (χ4n) is 7.30. The van der Waals surface area contributed by atoms with Crippen molar-refractivity contribution in [3.8, 4) is 0 Å². The average molecular weight is 512 g/mol. The second-order valence-electron chi connectivity index (χ2n) is 12.1. The zero-order chi connectivity index (χ0) is 26.3. The number of aryl methyl sites for hydroxylation is 2. The zero-order valence-electron chi connectivity index (χ0n) is 23.1. The monoisotopic (exact) mass is 511 g/mol. The van der Waals surface area contributed by atoms with Gasteiger partial charge in [0.25, 0.3) is 0 Å². The molecule has 0 radical (unpaired) electrons. The minimum Gasteiger partial charge on any atom is -0.458 e. The Kier molecular flexibility index (Phi) is 6.90. The molecule has 4 aliphatic carbocycles. The molecule has 5 heteroatoms. The fraction of sp³-hybridized carbons (Fsp3) is 0.515. The number of rotatable bonds is 9. The summed E-state index contributed by atoms with van der Waals surface area (Å²) in [6.07, 6.45) is 8.54. The summed E-state index contributed by atoms with van der Waals surface area (Å²) in [5, 5.41) is 0. The van der Waals surface area contributed by atoms with Crippen molar-refractivity contribution in [2.75, 3.05) is 20.1 Å². The number of para-hydroxylation sites is 2. The molecular formula is C33H41N3O2. The third kappa shape index (κ3) is 4.70. The van der Waals surface area contributed by atoms with Crippen LogP contribution in [0.1, 0.15) is 69.3 Å². The van der Waals surface area contributed by atoms with E-state index in [1.807, 2.05) is 26.0 Å². The molecule has 0 aliphatic heterocycles. The van der Waals surface area contributed by atoms with Crippen molar-refractivity contribution in [1.29, 1.82) is 0 Å². The average Bonchev–Trinajstić information content (AvgIpc) is 3.35. The molecule has 3 aromatic rings. The Balaban J connectivity index is 1.17. The lowest BCUT2D eigenvalue weighted by Crippen LogP contribution is -2.53. The first-order valence-electron chi connectivity index (χ1n) is 14.6. The molecule has 1 fully saturated rings. The van der Waals surface area contributed by atoms with Gasteiger partial charge in [0.1, 0.15) is 11.4 Å². The smallest absolute Gasteiger partial charge is 0.308 e. The van der Waals surface area contributed by atoms with Crippen LogP contribution in [0.2, 0.25) is 0 Å². The molecule has 3 atom stereocenters. The topological polar surface area (TPSA) is 58.2 Å². The zero-order valence-corrected chi connectivity index (χ0v) is 23.1. The van der Waals surface area contributed by atoms with Gasteiger partial charge in [0.05, 0.1) is 17.0 Å². The number of H-pyrrole nitrogens is 1. The van der Waals surface area contributed by atoms with Gasteiger partial charge in [-0.25, -0.2) is 4.98 Å². The predicted molar refractivity (Wildman–Crippen MR) is 153 cm³/mol. The summed E-state index contributed by atoms with van der Waals surface area (Å²) in [5.74, 6) is 1.75. The Morgan fingerprint density at radius 3 is 2.76 bits per heavy atom. The number of benzene rings is 2. The first-order valence-corrected chi connectivity index (χ1v) is 14.6. The summed E-state index contributed by atoms with van der Waals surface area (Å²) in [6.45, 7) is 5.85. The molecule has 0 saturated heterocycles. The maximum atomic E-state index is 13.1. The van der Waals surface area contributed by atoms with Crippen LogP contribution >= 0.6 is 0 Å². The molecule has 2 aromatic carbocycles. The van der Waals surface area contributed by atoms with Crippen molar-refractivity contribution >= 4 is 22.6 Å². The molecule has 0 amide bonds. The van der Waals surface area contributed by atoms with Crippen LogP contribution in [-0.4, -0.2) is 46.6 Å². The summed E-state index contributed by atoms with van der Waals surface area (Å²) in [6, 6.07) is 17.2. The van der Waals surface area contributed by atoms with Gasteiger partial charge in [-0.05, 0) is 86.9 Å². The number of aromatic nitrogens is 2. The summed E-state index contributed by atoms with van der Waals surface area (Å²) in [7, 11) is 2.21. The number of carbonyl (C=O) groups is 1. The van der Waals surface area contributed by atoms with Crippen LogP contribution in [-0.2, 0) is 22.4 Å². The van der Waals surface area contributed by atoms with Gasteiger partial charge in [0, 0.05) is 25.3 Å². The van der Waals surface area contributed by atoms with Gasteiger partial charge in [-0.1, -0.05) is 55.8 Å². The van der Waals surface area contributed by atoms with Gasteiger partial charge >= 0.3 is 5.97 Å². The van der Waals surface area contributed by atoms with Gasteiger partial charge in [0.2, 0.25) is 0 Å². The third-order valence-corrected chi connectivity index (χ3v) is 9.27. The number of nitrogens with one attached hydrogen (secondary N) is 1. The summed E-state index contributed by atoms with van der Waals surface area (Å²) in [5.41, 5.74) is 7.82. The second-order valence-corrected chi connectivity index (χ2v) is 12.1. The minimum atomic E-state index is -0.402. The Morgan fingerprint density at radius 1 is 1.11 bits per heavy atom. The molecule has 1 aromatic heterocycles. The quantitative estimate of drug-likeness (QED) is 0.330. The lowest BCUT2D eigenvalue weighted by atomic mass is 9.55. The molecule has 0 spiro atoms. The van der Waals surface area contributed by atoms with E-state index >= 15 is 0 Å². The van der Waals surface area contributed by atoms with Crippen LogP contribution in [0.3, 0.4) is 0 Å². The summed E-state index contributed by atoms with van der Waals surface area (Å²) in [4.78, 5) is 23.7. The molecule has 1 heterocycles. The van der Waals surface area contributed by atoms with Crippen LogP contribution < -0.4 is 0 Å². The van der Waals surface area contributed by atoms with Crippen LogP contribution in [0.25, 0.3) is 16.6 Å². The SMILES string of the molecule is CC(C)C(=O)O[C@]1(CCN(C)CCCc2nc3ccccc3[nH]2)C[C@H]2CC[C@@H]1C1=C2CCc2ccccc21. The molecule has 7 rings (SSSR count). The predicted octanol–water partition coefficient (Wildman–Crippen LogP) is 6.59. The van der Waals surface area contributed by atoms with Crippen molar-refractivity contribution in [3.05, 3.63) is 71.1 Å². The highest BCUT2D eigenvalue weighted by molar-refractivity contribution is 5.79. The molecule has 0 unspecified atom stereocenters. The first kappa shape index (κ1) is 25.4. The Bertz CT molecular complexity index is 1320. The van der Waals surface area contributed by atoms with E-state index in [-0.39, 0.29) is 11.9 Å². The number of aromatic amines is 1. The van der Waals surface area contributed by atoms with Crippen LogP contribution in [0.4, 0.5) is 0 Å². The highest BCUT2D eigenvalue weighted by Gasteiger charge is 2.54. The second kappa shape index (κ2) is 10.3. The highest BCUT2D eigenvalue weighted by atomic mass is 16.6. The fourth-order valence-corrected chi connectivity index (χ4v) is 7.30. The van der Waals surface area contributed by atoms with E-state index in [1.165, 1.54) is 29.5 Å². The van der Waals surface area contributed by atoms with E-state index < -0.39 is 5.60 Å². The van der Waals surface area contributed by atoms with Gasteiger partial charge in [-0.2, -0.15) is 0 Å². The molecule has 1 N–H and O–H groups in total. The number of carbonyl (C=O) groups excluding carboxylic acids is 1. The molecule has 5 nitrogen and oxygen atoms in total. The number of nitrogens with zero attached hydrogens (tertiary/aromatic N) is 2. The Morgan fingerprint density at radius 2 is 1.92 bits per heavy atom. The number of esters is 1. The highest BCUT2D eigenvalue weighted by Crippen LogP contribution is 2.59. The maximum absolute atomic E-state index is 13.1. The number of allylic oxidation sites excluding steroid dienone is 1. The normalized spacial score (nSPS) is 24.2. The third-order valence-electron chi connectivity index (χ3n) is 9.27. The number of hydrogen-bond donors (Lipinski definition) is 1. The number of hydrogen-bond acceptors (Lipinski definition) is 4. The van der Waals surface area contributed by atoms with Gasteiger partial charge < -0.3 is 14.6 Å². The first-order chi connectivity index (χ1) is 18.4. The molecule has 2 bridgehead atoms. The molecule has 38 heavy (non-hydrogen) atoms. The number of ether oxygens (including phenoxy) is 1. The number of imidazole rings is 1. The standard InChI is InChI=1S/C33H41N3O2/c1-22(2)32(37)38-33(18-20-36(3)19-8-13-30-34-28-11-6-7-12-29(28)35-30)21-24-15-17-27(33)31-25-10-5-4-9-23(25)14-16-26(24)31/h4-7,9-12,22,24,27H,8,13-21H2,1-3H3,(H,34,35)/t24-,27-,33-/m1/s1. The molecule has 200 valence electrons. The summed E-state index contributed by atoms with van der Waals surface area (Å²) < 4.78 is 6.58. The summed E-state index contributed by atoms with van der Waals surface area (Å²) >= 11 is 0. The van der Waals surface area contributed by atoms with E-state index in [1.54, 1.807) is 5.57 Å². The lowest BCUT2D eigenvalue weighted by Gasteiger charge is -2.54. The van der Waals surface area contributed by atoms with Crippen molar-refractivity contribution in [1.82, 2.24) is 14.9 Å². The largest absolute Gasteiger partial charge is 0.458 e. The van der Waals surface area contributed by atoms with Gasteiger partial charge in [-0.15, -0.1) is 0 Å².